The van der Waals surface area contributed by atoms with Crippen LogP contribution in [-0.2, 0) is 0 Å². The first-order valence-corrected chi connectivity index (χ1v) is 7.81. The third-order valence-electron chi connectivity index (χ3n) is 3.22. The Morgan fingerprint density at radius 3 is 2.67 bits per heavy atom. The quantitative estimate of drug-likeness (QED) is 0.764. The first kappa shape index (κ1) is 13.5. The van der Waals surface area contributed by atoms with Crippen LogP contribution in [0.3, 0.4) is 0 Å². The highest BCUT2D eigenvalue weighted by Gasteiger charge is 2.21. The summed E-state index contributed by atoms with van der Waals surface area (Å²) in [5, 5.41) is 7.17. The zero-order valence-electron chi connectivity index (χ0n) is 11.3. The minimum atomic E-state index is 1.04. The molecule has 0 aliphatic carbocycles. The number of thioether (sulfide) groups is 1. The van der Waals surface area contributed by atoms with Gasteiger partial charge in [-0.15, -0.1) is 11.8 Å². The van der Waals surface area contributed by atoms with E-state index in [0.29, 0.717) is 0 Å². The number of hydrogen-bond acceptors (Lipinski definition) is 3. The van der Waals surface area contributed by atoms with Crippen LogP contribution < -0.4 is 0 Å². The van der Waals surface area contributed by atoms with Gasteiger partial charge in [-0.3, -0.25) is 5.01 Å². The van der Waals surface area contributed by atoms with Gasteiger partial charge in [0.25, 0.3) is 0 Å². The second kappa shape index (κ2) is 6.86. The lowest BCUT2D eigenvalue weighted by Crippen LogP contribution is -2.40. The first-order valence-electron chi connectivity index (χ1n) is 6.76. The summed E-state index contributed by atoms with van der Waals surface area (Å²) in [7, 11) is 0. The van der Waals surface area contributed by atoms with Crippen molar-refractivity contribution in [1.29, 1.82) is 0 Å². The molecule has 0 aromatic heterocycles. The molecule has 2 rings (SSSR count). The summed E-state index contributed by atoms with van der Waals surface area (Å²) in [6.07, 6.45) is 2.51. The molecule has 18 heavy (non-hydrogen) atoms. The molecule has 0 amide bonds. The highest BCUT2D eigenvalue weighted by molar-refractivity contribution is 8.02. The largest absolute Gasteiger partial charge is 0.294 e. The molecule has 3 heteroatoms. The average molecular weight is 262 g/mol. The molecular formula is C15H22N2S. The summed E-state index contributed by atoms with van der Waals surface area (Å²) in [5.41, 5.74) is 2.66. The van der Waals surface area contributed by atoms with Crippen LogP contribution in [0, 0.1) is 0 Å². The number of hydrogen-bond donors (Lipinski definition) is 0. The number of nitrogens with zero attached hydrogens (tertiary/aromatic N) is 2. The standard InChI is InChI=1S/C15H22N2S/c1-3-5-11-16(4-2)17-13-18-12-15(17)14-9-7-6-8-10-14/h6-10,12H,3-5,11,13H2,1-2H3. The fourth-order valence-electron chi connectivity index (χ4n) is 2.17. The van der Waals surface area contributed by atoms with E-state index < -0.39 is 0 Å². The Balaban J connectivity index is 2.11. The highest BCUT2D eigenvalue weighted by atomic mass is 32.2. The topological polar surface area (TPSA) is 6.48 Å². The minimum Gasteiger partial charge on any atom is -0.294 e. The van der Waals surface area contributed by atoms with Gasteiger partial charge in [0, 0.05) is 13.1 Å². The van der Waals surface area contributed by atoms with Crippen LogP contribution in [0.15, 0.2) is 35.7 Å². The fourth-order valence-corrected chi connectivity index (χ4v) is 3.10. The molecule has 1 aromatic carbocycles. The maximum atomic E-state index is 2.46. The predicted molar refractivity (Wildman–Crippen MR) is 80.9 cm³/mol. The second-order valence-electron chi connectivity index (χ2n) is 4.46. The van der Waals surface area contributed by atoms with Crippen LogP contribution in [0.1, 0.15) is 32.3 Å². The second-order valence-corrected chi connectivity index (χ2v) is 5.29. The maximum absolute atomic E-state index is 2.46. The summed E-state index contributed by atoms with van der Waals surface area (Å²) in [5.74, 6) is 1.04. The van der Waals surface area contributed by atoms with E-state index in [0.717, 1.165) is 19.0 Å². The molecule has 0 radical (unpaired) electrons. The Labute approximate surface area is 115 Å². The number of unbranched alkanes of at least 4 members (excludes halogenated alkanes) is 1. The summed E-state index contributed by atoms with van der Waals surface area (Å²) >= 11 is 1.88. The van der Waals surface area contributed by atoms with Crippen LogP contribution in [0.5, 0.6) is 0 Å². The van der Waals surface area contributed by atoms with Gasteiger partial charge in [0.15, 0.2) is 0 Å². The van der Waals surface area contributed by atoms with Gasteiger partial charge in [-0.1, -0.05) is 50.6 Å². The van der Waals surface area contributed by atoms with Crippen LogP contribution in [0.4, 0.5) is 0 Å². The van der Waals surface area contributed by atoms with Crippen LogP contribution >= 0.6 is 11.8 Å². The molecule has 0 fully saturated rings. The van der Waals surface area contributed by atoms with Gasteiger partial charge in [-0.2, -0.15) is 0 Å². The van der Waals surface area contributed by atoms with Crippen molar-refractivity contribution < 1.29 is 0 Å². The van der Waals surface area contributed by atoms with Gasteiger partial charge in [0.05, 0.1) is 11.6 Å². The van der Waals surface area contributed by atoms with Crippen molar-refractivity contribution in [3.8, 4) is 0 Å². The predicted octanol–water partition coefficient (Wildman–Crippen LogP) is 4.03. The van der Waals surface area contributed by atoms with E-state index in [4.69, 9.17) is 0 Å². The monoisotopic (exact) mass is 262 g/mol. The Morgan fingerprint density at radius 1 is 1.22 bits per heavy atom. The van der Waals surface area contributed by atoms with E-state index >= 15 is 0 Å². The van der Waals surface area contributed by atoms with Crippen molar-refractivity contribution in [2.45, 2.75) is 26.7 Å². The van der Waals surface area contributed by atoms with E-state index in [1.807, 2.05) is 11.8 Å². The number of rotatable bonds is 6. The molecule has 1 aliphatic rings. The van der Waals surface area contributed by atoms with Gasteiger partial charge in [0.1, 0.15) is 0 Å². The lowest BCUT2D eigenvalue weighted by molar-refractivity contribution is 0.0593. The van der Waals surface area contributed by atoms with Gasteiger partial charge in [0.2, 0.25) is 0 Å². The summed E-state index contributed by atoms with van der Waals surface area (Å²) in [6.45, 7) is 6.71. The molecule has 1 aromatic rings. The molecule has 0 bridgehead atoms. The molecule has 1 heterocycles. The van der Waals surface area contributed by atoms with Gasteiger partial charge in [-0.25, -0.2) is 5.01 Å². The van der Waals surface area contributed by atoms with Crippen molar-refractivity contribution in [2.75, 3.05) is 19.0 Å². The maximum Gasteiger partial charge on any atom is 0.0843 e. The molecule has 98 valence electrons. The minimum absolute atomic E-state index is 1.04. The molecule has 0 spiro atoms. The lowest BCUT2D eigenvalue weighted by Gasteiger charge is -2.34. The van der Waals surface area contributed by atoms with Crippen LogP contribution in [-0.4, -0.2) is 29.0 Å². The van der Waals surface area contributed by atoms with Gasteiger partial charge >= 0.3 is 0 Å². The zero-order chi connectivity index (χ0) is 12.8. The fraction of sp³-hybridized carbons (Fsp3) is 0.467. The molecular weight excluding hydrogens is 240 g/mol. The third kappa shape index (κ3) is 3.09. The Kier molecular flexibility index (Phi) is 5.14. The Morgan fingerprint density at radius 2 is 2.00 bits per heavy atom. The average Bonchev–Trinajstić information content (AvgIpc) is 2.90. The molecule has 1 aliphatic heterocycles. The number of hydrazine groups is 1. The molecule has 0 unspecified atom stereocenters. The van der Waals surface area contributed by atoms with Crippen LogP contribution in [0.25, 0.3) is 5.70 Å². The van der Waals surface area contributed by atoms with Crippen LogP contribution in [0.2, 0.25) is 0 Å². The normalized spacial score (nSPS) is 15.3. The first-order chi connectivity index (χ1) is 8.86. The van der Waals surface area contributed by atoms with E-state index in [-0.39, 0.29) is 0 Å². The lowest BCUT2D eigenvalue weighted by atomic mass is 10.2. The van der Waals surface area contributed by atoms with Crippen molar-refractivity contribution >= 4 is 17.5 Å². The van der Waals surface area contributed by atoms with Crippen molar-refractivity contribution in [2.24, 2.45) is 0 Å². The zero-order valence-corrected chi connectivity index (χ0v) is 12.1. The molecule has 2 nitrogen and oxygen atoms in total. The van der Waals surface area contributed by atoms with Crippen molar-refractivity contribution in [3.05, 3.63) is 41.3 Å². The summed E-state index contributed by atoms with van der Waals surface area (Å²) in [6, 6.07) is 10.7. The van der Waals surface area contributed by atoms with Gasteiger partial charge in [-0.05, 0) is 17.4 Å². The summed E-state index contributed by atoms with van der Waals surface area (Å²) in [4.78, 5) is 0. The molecule has 0 N–H and O–H groups in total. The Hall–Kier alpha value is -0.930. The molecule has 0 atom stereocenters. The summed E-state index contributed by atoms with van der Waals surface area (Å²) < 4.78 is 0. The smallest absolute Gasteiger partial charge is 0.0843 e. The van der Waals surface area contributed by atoms with Gasteiger partial charge < -0.3 is 0 Å². The Bertz CT molecular complexity index is 389. The third-order valence-corrected chi connectivity index (χ3v) is 4.00. The van der Waals surface area contributed by atoms with E-state index in [1.165, 1.54) is 24.1 Å². The molecule has 0 saturated heterocycles. The van der Waals surface area contributed by atoms with E-state index in [2.05, 4.69) is 59.6 Å². The SMILES string of the molecule is CCCCN(CC)N1CSC=C1c1ccccc1. The number of benzene rings is 1. The van der Waals surface area contributed by atoms with E-state index in [1.54, 1.807) is 0 Å². The van der Waals surface area contributed by atoms with Crippen molar-refractivity contribution in [1.82, 2.24) is 10.0 Å². The highest BCUT2D eigenvalue weighted by Crippen LogP contribution is 2.32. The van der Waals surface area contributed by atoms with Crippen molar-refractivity contribution in [3.63, 3.8) is 0 Å². The molecule has 0 saturated carbocycles. The van der Waals surface area contributed by atoms with E-state index in [9.17, 15) is 0 Å².